The van der Waals surface area contributed by atoms with Gasteiger partial charge < -0.3 is 4.74 Å². The van der Waals surface area contributed by atoms with E-state index in [1.54, 1.807) is 0 Å². The number of rotatable bonds is 5. The first-order valence-electron chi connectivity index (χ1n) is 6.94. The lowest BCUT2D eigenvalue weighted by molar-refractivity contribution is -0.128. The first kappa shape index (κ1) is 15.1. The van der Waals surface area contributed by atoms with Crippen molar-refractivity contribution in [2.45, 2.75) is 25.9 Å². The number of hydrazine groups is 1. The summed E-state index contributed by atoms with van der Waals surface area (Å²) in [6.45, 7) is 4.17. The maximum absolute atomic E-state index is 12.0. The zero-order valence-corrected chi connectivity index (χ0v) is 12.2. The molecule has 0 fully saturated rings. The van der Waals surface area contributed by atoms with Crippen LogP contribution in [0.2, 0.25) is 0 Å². The molecule has 2 aromatic carbocycles. The first-order valence-corrected chi connectivity index (χ1v) is 6.94. The minimum absolute atomic E-state index is 0.304. The normalized spacial score (nSPS) is 12.0. The molecule has 21 heavy (non-hydrogen) atoms. The molecule has 0 spiro atoms. The molecule has 4 heteroatoms. The topological polar surface area (TPSA) is 64.3 Å². The maximum atomic E-state index is 12.0. The van der Waals surface area contributed by atoms with Crippen LogP contribution >= 0.6 is 0 Å². The fourth-order valence-electron chi connectivity index (χ4n) is 2.17. The van der Waals surface area contributed by atoms with Crippen molar-refractivity contribution in [2.75, 3.05) is 0 Å². The lowest BCUT2D eigenvalue weighted by atomic mass is 10.0. The van der Waals surface area contributed by atoms with E-state index in [2.05, 4.69) is 19.3 Å². The molecule has 0 radical (unpaired) electrons. The van der Waals surface area contributed by atoms with Crippen LogP contribution in [0.1, 0.15) is 37.0 Å². The van der Waals surface area contributed by atoms with Crippen molar-refractivity contribution in [3.63, 3.8) is 0 Å². The third kappa shape index (κ3) is 3.61. The second-order valence-corrected chi connectivity index (χ2v) is 5.11. The van der Waals surface area contributed by atoms with E-state index in [-0.39, 0.29) is 5.91 Å². The summed E-state index contributed by atoms with van der Waals surface area (Å²) in [5.41, 5.74) is 3.99. The van der Waals surface area contributed by atoms with Gasteiger partial charge in [0.05, 0.1) is 0 Å². The molecule has 0 saturated heterocycles. The van der Waals surface area contributed by atoms with Gasteiger partial charge in [-0.3, -0.25) is 10.2 Å². The lowest BCUT2D eigenvalue weighted by Crippen LogP contribution is -2.37. The van der Waals surface area contributed by atoms with Crippen molar-refractivity contribution in [1.82, 2.24) is 5.43 Å². The molecule has 1 unspecified atom stereocenters. The monoisotopic (exact) mass is 284 g/mol. The van der Waals surface area contributed by atoms with Gasteiger partial charge in [0.25, 0.3) is 5.91 Å². The number of nitrogens with one attached hydrogen (secondary N) is 1. The summed E-state index contributed by atoms with van der Waals surface area (Å²) < 4.78 is 5.95. The van der Waals surface area contributed by atoms with Gasteiger partial charge in [-0.05, 0) is 17.5 Å². The number of amides is 1. The van der Waals surface area contributed by atoms with Crippen LogP contribution in [0.3, 0.4) is 0 Å². The number of carbonyl (C=O) groups excluding carboxylic acids is 1. The molecule has 4 nitrogen and oxygen atoms in total. The smallest absolute Gasteiger partial charge is 0.279 e. The second kappa shape index (κ2) is 6.90. The van der Waals surface area contributed by atoms with Gasteiger partial charge in [-0.2, -0.15) is 0 Å². The molecule has 1 amide bonds. The largest absolute Gasteiger partial charge is 0.475 e. The lowest BCUT2D eigenvalue weighted by Gasteiger charge is -2.21. The van der Waals surface area contributed by atoms with E-state index in [1.807, 2.05) is 54.6 Å². The number of para-hydroxylation sites is 1. The quantitative estimate of drug-likeness (QED) is 0.504. The van der Waals surface area contributed by atoms with Gasteiger partial charge >= 0.3 is 0 Å². The van der Waals surface area contributed by atoms with Crippen LogP contribution in [0.25, 0.3) is 0 Å². The van der Waals surface area contributed by atoms with E-state index in [0.717, 1.165) is 11.1 Å². The Morgan fingerprint density at radius 1 is 1.05 bits per heavy atom. The SMILES string of the molecule is CC(C)c1ccccc1OC(C(=O)NN)c1ccccc1. The van der Waals surface area contributed by atoms with Gasteiger partial charge in [-0.1, -0.05) is 62.4 Å². The predicted octanol–water partition coefficient (Wildman–Crippen LogP) is 2.92. The molecular weight excluding hydrogens is 264 g/mol. The summed E-state index contributed by atoms with van der Waals surface area (Å²) in [7, 11) is 0. The zero-order valence-electron chi connectivity index (χ0n) is 12.2. The van der Waals surface area contributed by atoms with Crippen LogP contribution in [-0.2, 0) is 4.79 Å². The molecule has 2 aromatic rings. The zero-order chi connectivity index (χ0) is 15.2. The van der Waals surface area contributed by atoms with Crippen molar-refractivity contribution < 1.29 is 9.53 Å². The highest BCUT2D eigenvalue weighted by molar-refractivity contribution is 5.82. The van der Waals surface area contributed by atoms with Gasteiger partial charge in [-0.15, -0.1) is 0 Å². The summed E-state index contributed by atoms with van der Waals surface area (Å²) in [6.07, 6.45) is -0.768. The summed E-state index contributed by atoms with van der Waals surface area (Å²) in [4.78, 5) is 12.0. The molecule has 3 N–H and O–H groups in total. The first-order chi connectivity index (χ1) is 10.1. The van der Waals surface area contributed by atoms with E-state index >= 15 is 0 Å². The fraction of sp³-hybridized carbons (Fsp3) is 0.235. The highest BCUT2D eigenvalue weighted by Gasteiger charge is 2.23. The highest BCUT2D eigenvalue weighted by atomic mass is 16.5. The van der Waals surface area contributed by atoms with Crippen LogP contribution in [0.15, 0.2) is 54.6 Å². The summed E-state index contributed by atoms with van der Waals surface area (Å²) in [6, 6.07) is 17.0. The van der Waals surface area contributed by atoms with Crippen LogP contribution in [-0.4, -0.2) is 5.91 Å². The van der Waals surface area contributed by atoms with E-state index in [0.29, 0.717) is 11.7 Å². The minimum Gasteiger partial charge on any atom is -0.475 e. The molecule has 110 valence electrons. The number of benzene rings is 2. The van der Waals surface area contributed by atoms with Crippen molar-refractivity contribution in [1.29, 1.82) is 0 Å². The molecule has 0 aliphatic rings. The molecule has 0 aromatic heterocycles. The number of carbonyl (C=O) groups is 1. The Morgan fingerprint density at radius 3 is 2.29 bits per heavy atom. The van der Waals surface area contributed by atoms with Crippen molar-refractivity contribution in [2.24, 2.45) is 5.84 Å². The molecular formula is C17H20N2O2. The highest BCUT2D eigenvalue weighted by Crippen LogP contribution is 2.30. The van der Waals surface area contributed by atoms with Gasteiger partial charge in [0.15, 0.2) is 0 Å². The van der Waals surface area contributed by atoms with Gasteiger partial charge in [0.1, 0.15) is 5.75 Å². The van der Waals surface area contributed by atoms with Crippen molar-refractivity contribution in [3.8, 4) is 5.75 Å². The van der Waals surface area contributed by atoms with E-state index in [1.165, 1.54) is 0 Å². The molecule has 0 aliphatic carbocycles. The van der Waals surface area contributed by atoms with Crippen molar-refractivity contribution >= 4 is 5.91 Å². The molecule has 0 heterocycles. The Hall–Kier alpha value is -2.33. The number of hydrogen-bond donors (Lipinski definition) is 2. The number of nitrogens with two attached hydrogens (primary N) is 1. The summed E-state index contributed by atoms with van der Waals surface area (Å²) in [5, 5.41) is 0. The Morgan fingerprint density at radius 2 is 1.67 bits per heavy atom. The Balaban J connectivity index is 2.34. The predicted molar refractivity (Wildman–Crippen MR) is 82.7 cm³/mol. The van der Waals surface area contributed by atoms with Crippen LogP contribution < -0.4 is 16.0 Å². The van der Waals surface area contributed by atoms with Gasteiger partial charge in [-0.25, -0.2) is 5.84 Å². The number of ether oxygens (including phenoxy) is 1. The molecule has 2 rings (SSSR count). The Kier molecular flexibility index (Phi) is 4.95. The molecule has 0 bridgehead atoms. The Bertz CT molecular complexity index is 597. The van der Waals surface area contributed by atoms with Crippen molar-refractivity contribution in [3.05, 3.63) is 65.7 Å². The third-order valence-corrected chi connectivity index (χ3v) is 3.27. The minimum atomic E-state index is -0.768. The van der Waals surface area contributed by atoms with Gasteiger partial charge in [0, 0.05) is 5.56 Å². The number of hydrogen-bond acceptors (Lipinski definition) is 3. The summed E-state index contributed by atoms with van der Waals surface area (Å²) >= 11 is 0. The van der Waals surface area contributed by atoms with Crippen LogP contribution in [0.5, 0.6) is 5.75 Å². The molecule has 0 saturated carbocycles. The third-order valence-electron chi connectivity index (χ3n) is 3.27. The van der Waals surface area contributed by atoms with Crippen LogP contribution in [0, 0.1) is 0 Å². The fourth-order valence-corrected chi connectivity index (χ4v) is 2.17. The Labute approximate surface area is 124 Å². The standard InChI is InChI=1S/C17H20N2O2/c1-12(2)14-10-6-7-11-15(14)21-16(17(20)19-18)13-8-4-3-5-9-13/h3-12,16H,18H2,1-2H3,(H,19,20). The van der Waals surface area contributed by atoms with Crippen LogP contribution in [0.4, 0.5) is 0 Å². The summed E-state index contributed by atoms with van der Waals surface area (Å²) in [5.74, 6) is 5.91. The maximum Gasteiger partial charge on any atom is 0.279 e. The average Bonchev–Trinajstić information content (AvgIpc) is 2.53. The van der Waals surface area contributed by atoms with Gasteiger partial charge in [0.2, 0.25) is 6.10 Å². The van der Waals surface area contributed by atoms with E-state index < -0.39 is 6.10 Å². The van der Waals surface area contributed by atoms with E-state index in [4.69, 9.17) is 10.6 Å². The average molecular weight is 284 g/mol. The molecule has 1 atom stereocenters. The van der Waals surface area contributed by atoms with E-state index in [9.17, 15) is 4.79 Å². The molecule has 0 aliphatic heterocycles. The second-order valence-electron chi connectivity index (χ2n) is 5.11.